The summed E-state index contributed by atoms with van der Waals surface area (Å²) < 4.78 is 5.19. The minimum Gasteiger partial charge on any atom is -0.507 e. The maximum absolute atomic E-state index is 12.3. The average Bonchev–Trinajstić information content (AvgIpc) is 2.69. The number of benzene rings is 3. The Hall–Kier alpha value is -2.09. The van der Waals surface area contributed by atoms with Crippen LogP contribution in [0.3, 0.4) is 0 Å². The molecule has 3 aromatic rings. The Balaban J connectivity index is 0.00000280. The van der Waals surface area contributed by atoms with E-state index in [1.165, 1.54) is 18.2 Å². The average molecular weight is 399 g/mol. The maximum atomic E-state index is 12.3. The number of Topliss-reactive ketones (excluding diaryl/α,β-unsaturated/α-hetero) is 2. The van der Waals surface area contributed by atoms with Crippen molar-refractivity contribution in [3.8, 4) is 11.5 Å². The van der Waals surface area contributed by atoms with E-state index >= 15 is 0 Å². The van der Waals surface area contributed by atoms with E-state index in [2.05, 4.69) is 0 Å². The fraction of sp³-hybridized carbons (Fsp3) is 0.0455. The molecule has 5 nitrogen and oxygen atoms in total. The van der Waals surface area contributed by atoms with Crippen molar-refractivity contribution in [2.24, 2.45) is 0 Å². The van der Waals surface area contributed by atoms with Crippen molar-refractivity contribution in [2.45, 2.75) is 6.42 Å². The third kappa shape index (κ3) is 5.70. The van der Waals surface area contributed by atoms with Gasteiger partial charge in [-0.2, -0.15) is 0 Å². The number of rotatable bonds is 6. The van der Waals surface area contributed by atoms with Gasteiger partial charge in [0.1, 0.15) is 11.5 Å². The normalized spacial score (nSPS) is 9.86. The summed E-state index contributed by atoms with van der Waals surface area (Å²) in [5.74, 6) is -1.67. The van der Waals surface area contributed by atoms with Gasteiger partial charge < -0.3 is 9.84 Å². The zero-order chi connectivity index (χ0) is 19.2. The van der Waals surface area contributed by atoms with Gasteiger partial charge in [0, 0.05) is 11.6 Å². The Morgan fingerprint density at radius 1 is 0.750 bits per heavy atom. The van der Waals surface area contributed by atoms with Crippen LogP contribution in [0.2, 0.25) is 0 Å². The van der Waals surface area contributed by atoms with Gasteiger partial charge in [0.25, 0.3) is 0 Å². The van der Waals surface area contributed by atoms with Crippen molar-refractivity contribution in [2.75, 3.05) is 0 Å². The van der Waals surface area contributed by atoms with Crippen LogP contribution in [0, 0.1) is 0 Å². The van der Waals surface area contributed by atoms with Gasteiger partial charge in [-0.05, 0) is 24.3 Å². The number of carbonyl (C=O) groups excluding carboxylic acids is 3. The van der Waals surface area contributed by atoms with Crippen molar-refractivity contribution < 1.29 is 75.6 Å². The molecule has 28 heavy (non-hydrogen) atoms. The summed E-state index contributed by atoms with van der Waals surface area (Å²) in [5.41, 5.74) is 0.795. The van der Waals surface area contributed by atoms with Gasteiger partial charge in [0.15, 0.2) is 11.6 Å². The molecular formula is C22H16KO5+. The summed E-state index contributed by atoms with van der Waals surface area (Å²) in [5, 5.41) is 10.1. The molecule has 0 saturated carbocycles. The van der Waals surface area contributed by atoms with Gasteiger partial charge in [-0.15, -0.1) is 0 Å². The molecule has 134 valence electrons. The molecule has 0 bridgehead atoms. The van der Waals surface area contributed by atoms with E-state index in [1.54, 1.807) is 60.7 Å². The number of aromatic hydroxyl groups is 1. The predicted molar refractivity (Wildman–Crippen MR) is 99.2 cm³/mol. The molecule has 0 amide bonds. The Bertz CT molecular complexity index is 984. The van der Waals surface area contributed by atoms with Crippen LogP contribution in [0.1, 0.15) is 37.5 Å². The van der Waals surface area contributed by atoms with Crippen LogP contribution in [0.15, 0.2) is 78.9 Å². The summed E-state index contributed by atoms with van der Waals surface area (Å²) in [6, 6.07) is 20.8. The fourth-order valence-corrected chi connectivity index (χ4v) is 2.52. The first kappa shape index (κ1) is 22.2. The first-order chi connectivity index (χ1) is 13.0. The second-order valence-electron chi connectivity index (χ2n) is 5.82. The van der Waals surface area contributed by atoms with Crippen molar-refractivity contribution in [3.05, 3.63) is 95.6 Å². The number of phenols is 1. The van der Waals surface area contributed by atoms with Crippen LogP contribution in [-0.2, 0) is 0 Å². The van der Waals surface area contributed by atoms with Gasteiger partial charge in [-0.25, -0.2) is 4.79 Å². The van der Waals surface area contributed by atoms with Gasteiger partial charge in [-0.1, -0.05) is 48.5 Å². The second-order valence-corrected chi connectivity index (χ2v) is 5.82. The molecule has 0 aliphatic carbocycles. The number of esters is 1. The Labute approximate surface area is 204 Å². The quantitative estimate of drug-likeness (QED) is 0.221. The van der Waals surface area contributed by atoms with Gasteiger partial charge >= 0.3 is 57.4 Å². The van der Waals surface area contributed by atoms with E-state index in [0.29, 0.717) is 11.1 Å². The molecule has 0 aliphatic heterocycles. The first-order valence-electron chi connectivity index (χ1n) is 8.26. The van der Waals surface area contributed by atoms with Gasteiger partial charge in [0.05, 0.1) is 17.5 Å². The topological polar surface area (TPSA) is 80.7 Å². The molecule has 0 unspecified atom stereocenters. The van der Waals surface area contributed by atoms with Crippen molar-refractivity contribution in [1.82, 2.24) is 0 Å². The molecule has 0 heterocycles. The zero-order valence-corrected chi connectivity index (χ0v) is 18.4. The van der Waals surface area contributed by atoms with Gasteiger partial charge in [0.2, 0.25) is 0 Å². The van der Waals surface area contributed by atoms with E-state index in [9.17, 15) is 19.5 Å². The molecule has 0 spiro atoms. The third-order valence-electron chi connectivity index (χ3n) is 3.91. The fourth-order valence-electron chi connectivity index (χ4n) is 2.52. The number of hydrogen-bond donors (Lipinski definition) is 1. The van der Waals surface area contributed by atoms with Crippen LogP contribution in [-0.4, -0.2) is 22.6 Å². The Morgan fingerprint density at radius 3 is 1.89 bits per heavy atom. The Kier molecular flexibility index (Phi) is 8.29. The molecular weight excluding hydrogens is 383 g/mol. The smallest absolute Gasteiger partial charge is 0.507 e. The Morgan fingerprint density at radius 2 is 1.32 bits per heavy atom. The number of phenolic OH excluding ortho intramolecular Hbond substituents is 1. The van der Waals surface area contributed by atoms with Crippen LogP contribution >= 0.6 is 0 Å². The summed E-state index contributed by atoms with van der Waals surface area (Å²) in [6.07, 6.45) is -0.360. The van der Waals surface area contributed by atoms with E-state index in [0.717, 1.165) is 0 Å². The number of carbonyl (C=O) groups is 3. The SMILES string of the molecule is O=C(CC(=O)c1ccc(OC(=O)c2ccccc2)cc1O)c1ccccc1.[K+]. The molecule has 3 aromatic carbocycles. The number of ether oxygens (including phenoxy) is 1. The van der Waals surface area contributed by atoms with E-state index in [-0.39, 0.29) is 80.7 Å². The monoisotopic (exact) mass is 399 g/mol. The van der Waals surface area contributed by atoms with Crippen LogP contribution in [0.4, 0.5) is 0 Å². The molecule has 0 atom stereocenters. The third-order valence-corrected chi connectivity index (χ3v) is 3.91. The summed E-state index contributed by atoms with van der Waals surface area (Å²) in [4.78, 5) is 36.5. The van der Waals surface area contributed by atoms with E-state index in [4.69, 9.17) is 4.74 Å². The standard InChI is InChI=1S/C22H16O5.K/c23-19(15-7-3-1-4-8-15)14-21(25)18-12-11-17(13-20(18)24)27-22(26)16-9-5-2-6-10-16;/h1-13,24H,14H2;/q;+1. The molecule has 3 rings (SSSR count). The largest absolute Gasteiger partial charge is 1.00 e. The first-order valence-corrected chi connectivity index (χ1v) is 8.26. The van der Waals surface area contributed by atoms with E-state index < -0.39 is 11.8 Å². The molecule has 0 saturated heterocycles. The van der Waals surface area contributed by atoms with Crippen molar-refractivity contribution in [1.29, 1.82) is 0 Å². The minimum atomic E-state index is -0.576. The van der Waals surface area contributed by atoms with Crippen LogP contribution < -0.4 is 56.1 Å². The molecule has 0 radical (unpaired) electrons. The van der Waals surface area contributed by atoms with Crippen molar-refractivity contribution >= 4 is 17.5 Å². The predicted octanol–water partition coefficient (Wildman–Crippen LogP) is 1.07. The van der Waals surface area contributed by atoms with E-state index in [1.807, 2.05) is 0 Å². The van der Waals surface area contributed by atoms with Crippen LogP contribution in [0.25, 0.3) is 0 Å². The molecule has 0 aliphatic rings. The molecule has 0 aromatic heterocycles. The summed E-state index contributed by atoms with van der Waals surface area (Å²) >= 11 is 0. The summed E-state index contributed by atoms with van der Waals surface area (Å²) in [6.45, 7) is 0. The summed E-state index contributed by atoms with van der Waals surface area (Å²) in [7, 11) is 0. The minimum absolute atomic E-state index is 0. The maximum Gasteiger partial charge on any atom is 1.00 e. The van der Waals surface area contributed by atoms with Crippen LogP contribution in [0.5, 0.6) is 11.5 Å². The molecule has 1 N–H and O–H groups in total. The molecule has 6 heteroatoms. The second kappa shape index (κ2) is 10.5. The number of ketones is 2. The van der Waals surface area contributed by atoms with Gasteiger partial charge in [-0.3, -0.25) is 9.59 Å². The zero-order valence-electron chi connectivity index (χ0n) is 15.3. The number of hydrogen-bond acceptors (Lipinski definition) is 5. The molecule has 0 fully saturated rings. The van der Waals surface area contributed by atoms with Crippen molar-refractivity contribution in [3.63, 3.8) is 0 Å².